The Morgan fingerprint density at radius 2 is 1.83 bits per heavy atom. The molecule has 0 radical (unpaired) electrons. The summed E-state index contributed by atoms with van der Waals surface area (Å²) in [5, 5.41) is 22.1. The van der Waals surface area contributed by atoms with Crippen molar-refractivity contribution in [2.75, 3.05) is 5.23 Å². The number of rotatable bonds is 4. The monoisotopic (exact) mass is 304 g/mol. The van der Waals surface area contributed by atoms with Gasteiger partial charge in [-0.2, -0.15) is 0 Å². The van der Waals surface area contributed by atoms with Crippen molar-refractivity contribution in [1.29, 1.82) is 0 Å². The van der Waals surface area contributed by atoms with E-state index in [1.54, 1.807) is 6.82 Å². The van der Waals surface area contributed by atoms with Crippen molar-refractivity contribution in [3.8, 4) is 11.1 Å². The first kappa shape index (κ1) is 15.2. The van der Waals surface area contributed by atoms with E-state index in [1.807, 2.05) is 36.4 Å². The molecular formula is C16H14B2N2O3. The van der Waals surface area contributed by atoms with Crippen LogP contribution in [-0.2, 0) is 4.70 Å². The van der Waals surface area contributed by atoms with Crippen LogP contribution >= 0.6 is 0 Å². The molecular weight excluding hydrogens is 290 g/mol. The minimum atomic E-state index is -0.664. The van der Waals surface area contributed by atoms with Crippen molar-refractivity contribution in [3.05, 3.63) is 53.8 Å². The Hall–Kier alpha value is -2.66. The molecule has 0 saturated carbocycles. The Morgan fingerprint density at radius 1 is 1.13 bits per heavy atom. The normalized spacial score (nSPS) is 13.7. The molecule has 0 unspecified atom stereocenters. The second kappa shape index (κ2) is 6.22. The molecule has 5 nitrogen and oxygen atoms in total. The van der Waals surface area contributed by atoms with Gasteiger partial charge in [-0.25, -0.2) is 0 Å². The van der Waals surface area contributed by atoms with Gasteiger partial charge in [0.2, 0.25) is 0 Å². The van der Waals surface area contributed by atoms with Gasteiger partial charge in [0.1, 0.15) is 0 Å². The number of hydrogen-bond acceptors (Lipinski definition) is 5. The fraction of sp³-hybridized carbons (Fsp3) is 0.0625. The van der Waals surface area contributed by atoms with Crippen molar-refractivity contribution >= 4 is 37.3 Å². The summed E-state index contributed by atoms with van der Waals surface area (Å²) in [5.41, 5.74) is 5.83. The van der Waals surface area contributed by atoms with Gasteiger partial charge in [-0.3, -0.25) is 0 Å². The topological polar surface area (TPSA) is 81.9 Å². The molecule has 0 fully saturated rings. The molecule has 3 rings (SSSR count). The van der Waals surface area contributed by atoms with Gasteiger partial charge in [0, 0.05) is 0 Å². The molecule has 2 aromatic rings. The van der Waals surface area contributed by atoms with Gasteiger partial charge in [-0.05, 0) is 0 Å². The molecule has 7 heteroatoms. The summed E-state index contributed by atoms with van der Waals surface area (Å²) in [4.78, 5) is 4.04. The summed E-state index contributed by atoms with van der Waals surface area (Å²) >= 11 is 0. The van der Waals surface area contributed by atoms with Crippen molar-refractivity contribution < 1.29 is 14.8 Å². The van der Waals surface area contributed by atoms with E-state index in [9.17, 15) is 14.8 Å². The Morgan fingerprint density at radius 3 is 2.48 bits per heavy atom. The molecule has 2 aromatic carbocycles. The number of hydrogen-bond donors (Lipinski definition) is 3. The zero-order chi connectivity index (χ0) is 16.4. The maximum absolute atomic E-state index is 10.4. The van der Waals surface area contributed by atoms with Crippen LogP contribution in [0.5, 0.6) is 0 Å². The first-order valence-electron chi connectivity index (χ1n) is 7.20. The van der Waals surface area contributed by atoms with Crippen molar-refractivity contribution in [2.24, 2.45) is 4.99 Å². The number of aliphatic hydroxyl groups excluding tert-OH is 1. The van der Waals surface area contributed by atoms with Crippen LogP contribution in [0, 0.1) is 0 Å². The summed E-state index contributed by atoms with van der Waals surface area (Å²) in [6, 6.07) is 11.3. The van der Waals surface area contributed by atoms with Gasteiger partial charge in [-0.1, -0.05) is 0 Å². The van der Waals surface area contributed by atoms with Crippen LogP contribution in [0.1, 0.15) is 11.1 Å². The number of fused-ring (bicyclic) bond motifs is 3. The second-order valence-corrected chi connectivity index (χ2v) is 5.27. The van der Waals surface area contributed by atoms with Crippen LogP contribution in [0.25, 0.3) is 16.7 Å². The molecule has 0 atom stereocenters. The van der Waals surface area contributed by atoms with Gasteiger partial charge in [0.15, 0.2) is 0 Å². The van der Waals surface area contributed by atoms with E-state index in [1.165, 1.54) is 6.11 Å². The van der Waals surface area contributed by atoms with Crippen LogP contribution in [-0.4, -0.2) is 30.4 Å². The molecule has 3 N–H and O–H groups in total. The Labute approximate surface area is 134 Å². The minimum absolute atomic E-state index is 0.624. The number of benzene rings is 2. The average Bonchev–Trinajstić information content (AvgIpc) is 2.84. The fourth-order valence-electron chi connectivity index (χ4n) is 2.80. The van der Waals surface area contributed by atoms with Gasteiger partial charge in [0.25, 0.3) is 0 Å². The summed E-state index contributed by atoms with van der Waals surface area (Å²) in [6.07, 6.45) is 2.26. The number of nitrogens with zero attached hydrogens (tertiary/aromatic N) is 1. The SMILES string of the molecule is CB(O)Nc1ccc2c(c1)/C(=C/O)c1cc(N=CB=O)ccc1-2. The molecule has 0 aliphatic heterocycles. The summed E-state index contributed by atoms with van der Waals surface area (Å²) < 4.78 is 10.4. The van der Waals surface area contributed by atoms with Gasteiger partial charge in [-0.15, -0.1) is 0 Å². The van der Waals surface area contributed by atoms with Crippen LogP contribution in [0.15, 0.2) is 47.7 Å². The summed E-state index contributed by atoms with van der Waals surface area (Å²) in [7, 11) is -0.0404. The first-order valence-corrected chi connectivity index (χ1v) is 7.20. The average molecular weight is 304 g/mol. The Bertz CT molecular complexity index is 832. The molecule has 1 aliphatic rings. The van der Waals surface area contributed by atoms with E-state index in [2.05, 4.69) is 10.2 Å². The number of aliphatic imine (C=N–C) groups is 1. The fourth-order valence-corrected chi connectivity index (χ4v) is 2.80. The number of aliphatic hydroxyl groups is 1. The van der Waals surface area contributed by atoms with E-state index >= 15 is 0 Å². The molecule has 0 aromatic heterocycles. The Kier molecular flexibility index (Phi) is 4.12. The zero-order valence-corrected chi connectivity index (χ0v) is 12.5. The van der Waals surface area contributed by atoms with Gasteiger partial charge >= 0.3 is 134 Å². The van der Waals surface area contributed by atoms with E-state index in [0.29, 0.717) is 18.4 Å². The molecule has 0 saturated heterocycles. The summed E-state index contributed by atoms with van der Waals surface area (Å²) in [6.45, 7) is 1.64. The van der Waals surface area contributed by atoms with Crippen molar-refractivity contribution in [1.82, 2.24) is 0 Å². The van der Waals surface area contributed by atoms with Gasteiger partial charge < -0.3 is 0 Å². The first-order chi connectivity index (χ1) is 11.1. The molecule has 1 aliphatic carbocycles. The van der Waals surface area contributed by atoms with Crippen molar-refractivity contribution in [2.45, 2.75) is 6.82 Å². The van der Waals surface area contributed by atoms with Crippen molar-refractivity contribution in [3.63, 3.8) is 0 Å². The molecule has 112 valence electrons. The number of anilines is 1. The predicted molar refractivity (Wildman–Crippen MR) is 93.6 cm³/mol. The molecule has 0 spiro atoms. The third kappa shape index (κ3) is 2.83. The summed E-state index contributed by atoms with van der Waals surface area (Å²) in [5.74, 6) is 0. The van der Waals surface area contributed by atoms with Crippen LogP contribution < -0.4 is 5.23 Å². The second-order valence-electron chi connectivity index (χ2n) is 5.27. The third-order valence-corrected chi connectivity index (χ3v) is 3.68. The zero-order valence-electron chi connectivity index (χ0n) is 12.5. The molecule has 0 bridgehead atoms. The molecule has 0 heterocycles. The van der Waals surface area contributed by atoms with Gasteiger partial charge in [0.05, 0.1) is 0 Å². The van der Waals surface area contributed by atoms with E-state index < -0.39 is 7.05 Å². The third-order valence-electron chi connectivity index (χ3n) is 3.68. The van der Waals surface area contributed by atoms with Crippen LogP contribution in [0.4, 0.5) is 11.4 Å². The van der Waals surface area contributed by atoms with Crippen LogP contribution in [0.3, 0.4) is 0 Å². The maximum atomic E-state index is 10.4. The number of nitrogens with one attached hydrogen (secondary N) is 1. The van der Waals surface area contributed by atoms with Crippen LogP contribution in [0.2, 0.25) is 6.82 Å². The van der Waals surface area contributed by atoms with E-state index in [4.69, 9.17) is 0 Å². The standard InChI is InChI=1S/C16H14B2N2O3/c1-18(23)20-11-3-5-13-12-4-2-10(19-9-17-22)6-14(12)16(8-21)15(13)7-11/h2-9,20-21,23H,1H3/b16-8+,19-9?. The van der Waals surface area contributed by atoms with E-state index in [0.717, 1.165) is 34.2 Å². The Balaban J connectivity index is 2.09. The molecule has 0 amide bonds. The van der Waals surface area contributed by atoms with E-state index in [-0.39, 0.29) is 0 Å². The molecule has 23 heavy (non-hydrogen) atoms. The quantitative estimate of drug-likeness (QED) is 0.393. The predicted octanol–water partition coefficient (Wildman–Crippen LogP) is 2.85.